The zero-order chi connectivity index (χ0) is 22.9. The molecular formula is C21H20BrFN4O3S2. The van der Waals surface area contributed by atoms with Gasteiger partial charge in [-0.3, -0.25) is 4.79 Å². The first-order valence-corrected chi connectivity index (χ1v) is 12.1. The number of ether oxygens (including phenoxy) is 2. The van der Waals surface area contributed by atoms with Crippen LogP contribution < -0.4 is 14.9 Å². The number of carbonyl (C=O) groups is 1. The largest absolute Gasteiger partial charge is 0.490 e. The summed E-state index contributed by atoms with van der Waals surface area (Å²) in [4.78, 5) is 12.0. The number of hydrogen-bond donors (Lipinski definition) is 1. The van der Waals surface area contributed by atoms with Crippen molar-refractivity contribution in [1.82, 2.24) is 15.6 Å². The Hall–Kier alpha value is -2.50. The summed E-state index contributed by atoms with van der Waals surface area (Å²) >= 11 is 6.24. The van der Waals surface area contributed by atoms with E-state index in [9.17, 15) is 9.18 Å². The molecule has 0 saturated carbocycles. The van der Waals surface area contributed by atoms with Gasteiger partial charge in [0.05, 0.1) is 23.0 Å². The van der Waals surface area contributed by atoms with Crippen LogP contribution in [0.2, 0.25) is 0 Å². The lowest BCUT2D eigenvalue weighted by Crippen LogP contribution is -2.19. The number of carbonyl (C=O) groups excluding carboxylic acids is 1. The van der Waals surface area contributed by atoms with Crippen molar-refractivity contribution in [2.75, 3.05) is 12.4 Å². The number of benzene rings is 2. The first kappa shape index (κ1) is 24.1. The van der Waals surface area contributed by atoms with Gasteiger partial charge in [-0.2, -0.15) is 5.10 Å². The zero-order valence-corrected chi connectivity index (χ0v) is 20.5. The summed E-state index contributed by atoms with van der Waals surface area (Å²) in [5, 5.41) is 12.7. The minimum atomic E-state index is -0.297. The highest BCUT2D eigenvalue weighted by Crippen LogP contribution is 2.37. The van der Waals surface area contributed by atoms with Crippen LogP contribution in [0.25, 0.3) is 0 Å². The van der Waals surface area contributed by atoms with E-state index in [0.717, 1.165) is 14.9 Å². The molecule has 0 aliphatic heterocycles. The van der Waals surface area contributed by atoms with Crippen LogP contribution in [0.1, 0.15) is 23.1 Å². The molecule has 0 fully saturated rings. The van der Waals surface area contributed by atoms with Crippen LogP contribution in [-0.4, -0.2) is 34.7 Å². The van der Waals surface area contributed by atoms with Crippen LogP contribution in [0.4, 0.5) is 4.39 Å². The molecule has 0 spiro atoms. The molecule has 0 aliphatic rings. The molecular weight excluding hydrogens is 519 g/mol. The average Bonchev–Trinajstić information content (AvgIpc) is 3.18. The van der Waals surface area contributed by atoms with Crippen LogP contribution in [0, 0.1) is 12.7 Å². The van der Waals surface area contributed by atoms with E-state index in [-0.39, 0.29) is 24.1 Å². The van der Waals surface area contributed by atoms with Crippen LogP contribution >= 0.6 is 39.0 Å². The fourth-order valence-corrected chi connectivity index (χ4v) is 4.66. The first-order valence-electron chi connectivity index (χ1n) is 9.53. The Balaban J connectivity index is 1.61. The highest BCUT2D eigenvalue weighted by Gasteiger charge is 2.12. The molecule has 0 aliphatic carbocycles. The number of thioether (sulfide) groups is 1. The Morgan fingerprint density at radius 2 is 2.06 bits per heavy atom. The summed E-state index contributed by atoms with van der Waals surface area (Å²) in [6.07, 6.45) is 1.52. The second-order valence-electron chi connectivity index (χ2n) is 6.35. The molecule has 168 valence electrons. The van der Waals surface area contributed by atoms with E-state index in [0.29, 0.717) is 28.1 Å². The summed E-state index contributed by atoms with van der Waals surface area (Å²) < 4.78 is 26.1. The summed E-state index contributed by atoms with van der Waals surface area (Å²) in [5.41, 5.74) is 4.03. The van der Waals surface area contributed by atoms with E-state index in [4.69, 9.17) is 9.47 Å². The van der Waals surface area contributed by atoms with E-state index in [1.807, 2.05) is 13.8 Å². The molecule has 0 radical (unpaired) electrons. The Bertz CT molecular complexity index is 1090. The topological polar surface area (TPSA) is 85.7 Å². The lowest BCUT2D eigenvalue weighted by atomic mass is 10.2. The van der Waals surface area contributed by atoms with Gasteiger partial charge in [0.15, 0.2) is 15.8 Å². The van der Waals surface area contributed by atoms with E-state index in [2.05, 4.69) is 36.7 Å². The number of amides is 1. The lowest BCUT2D eigenvalue weighted by Gasteiger charge is -2.14. The van der Waals surface area contributed by atoms with E-state index in [1.165, 1.54) is 41.4 Å². The second kappa shape index (κ2) is 11.9. The van der Waals surface area contributed by atoms with Crippen molar-refractivity contribution >= 4 is 51.2 Å². The molecule has 3 rings (SSSR count). The van der Waals surface area contributed by atoms with Gasteiger partial charge in [0.2, 0.25) is 0 Å². The standard InChI is InChI=1S/C21H20BrFN4O3S2/c1-3-29-18-9-15(10-24-26-19(28)12-31-21-27-25-13(2)32-21)8-17(22)20(18)30-11-14-4-6-16(23)7-5-14/h4-10H,3,11-12H2,1-2H3,(H,26,28). The summed E-state index contributed by atoms with van der Waals surface area (Å²) in [6, 6.07) is 9.67. The van der Waals surface area contributed by atoms with Gasteiger partial charge in [0, 0.05) is 0 Å². The third kappa shape index (κ3) is 7.28. The normalized spacial score (nSPS) is 11.0. The highest BCUT2D eigenvalue weighted by molar-refractivity contribution is 9.10. The Kier molecular flexibility index (Phi) is 9.00. The van der Waals surface area contributed by atoms with Crippen LogP contribution in [0.15, 0.2) is 50.3 Å². The van der Waals surface area contributed by atoms with Gasteiger partial charge < -0.3 is 9.47 Å². The Labute approximate surface area is 201 Å². The van der Waals surface area contributed by atoms with Crippen molar-refractivity contribution in [3.05, 3.63) is 62.8 Å². The second-order valence-corrected chi connectivity index (χ2v) is 9.61. The van der Waals surface area contributed by atoms with Crippen LogP contribution in [0.3, 0.4) is 0 Å². The van der Waals surface area contributed by atoms with Gasteiger partial charge in [0.25, 0.3) is 5.91 Å². The molecule has 7 nitrogen and oxygen atoms in total. The van der Waals surface area contributed by atoms with Crippen LogP contribution in [-0.2, 0) is 11.4 Å². The quantitative estimate of drug-likeness (QED) is 0.223. The van der Waals surface area contributed by atoms with Crippen molar-refractivity contribution < 1.29 is 18.7 Å². The molecule has 3 aromatic rings. The number of hydrazone groups is 1. The minimum absolute atomic E-state index is 0.191. The van der Waals surface area contributed by atoms with Crippen molar-refractivity contribution in [2.24, 2.45) is 5.10 Å². The number of nitrogens with zero attached hydrogens (tertiary/aromatic N) is 3. The molecule has 0 unspecified atom stereocenters. The summed E-state index contributed by atoms with van der Waals surface area (Å²) in [5.74, 6) is 0.702. The predicted octanol–water partition coefficient (Wildman–Crippen LogP) is 4.97. The maximum atomic E-state index is 13.1. The molecule has 1 aromatic heterocycles. The van der Waals surface area contributed by atoms with Crippen molar-refractivity contribution in [2.45, 2.75) is 24.8 Å². The van der Waals surface area contributed by atoms with Crippen molar-refractivity contribution in [3.63, 3.8) is 0 Å². The monoisotopic (exact) mass is 538 g/mol. The van der Waals surface area contributed by atoms with Gasteiger partial charge in [-0.25, -0.2) is 9.82 Å². The molecule has 0 saturated heterocycles. The third-order valence-corrected chi connectivity index (χ3v) is 6.43. The minimum Gasteiger partial charge on any atom is -0.490 e. The number of halogens is 2. The number of aromatic nitrogens is 2. The van der Waals surface area contributed by atoms with Gasteiger partial charge in [0.1, 0.15) is 17.4 Å². The van der Waals surface area contributed by atoms with E-state index >= 15 is 0 Å². The molecule has 1 amide bonds. The number of aryl methyl sites for hydroxylation is 1. The number of rotatable bonds is 10. The first-order chi connectivity index (χ1) is 15.4. The van der Waals surface area contributed by atoms with E-state index in [1.54, 1.807) is 24.3 Å². The number of nitrogens with one attached hydrogen (secondary N) is 1. The predicted molar refractivity (Wildman–Crippen MR) is 127 cm³/mol. The molecule has 1 heterocycles. The summed E-state index contributed by atoms with van der Waals surface area (Å²) in [6.45, 7) is 4.43. The maximum Gasteiger partial charge on any atom is 0.250 e. The van der Waals surface area contributed by atoms with Crippen molar-refractivity contribution in [1.29, 1.82) is 0 Å². The van der Waals surface area contributed by atoms with Gasteiger partial charge in [-0.05, 0) is 65.2 Å². The molecule has 0 atom stereocenters. The van der Waals surface area contributed by atoms with Crippen molar-refractivity contribution in [3.8, 4) is 11.5 Å². The molecule has 2 aromatic carbocycles. The SMILES string of the molecule is CCOc1cc(C=NNC(=O)CSc2nnc(C)s2)cc(Br)c1OCc1ccc(F)cc1. The molecule has 1 N–H and O–H groups in total. The average molecular weight is 539 g/mol. The Morgan fingerprint density at radius 3 is 2.75 bits per heavy atom. The molecule has 11 heteroatoms. The third-order valence-electron chi connectivity index (χ3n) is 3.87. The zero-order valence-electron chi connectivity index (χ0n) is 17.3. The van der Waals surface area contributed by atoms with Gasteiger partial charge in [-0.15, -0.1) is 10.2 Å². The van der Waals surface area contributed by atoms with Gasteiger partial charge in [-0.1, -0.05) is 35.2 Å². The lowest BCUT2D eigenvalue weighted by molar-refractivity contribution is -0.118. The number of hydrogen-bond acceptors (Lipinski definition) is 8. The summed E-state index contributed by atoms with van der Waals surface area (Å²) in [7, 11) is 0. The van der Waals surface area contributed by atoms with Gasteiger partial charge >= 0.3 is 0 Å². The molecule has 0 bridgehead atoms. The Morgan fingerprint density at radius 1 is 1.28 bits per heavy atom. The smallest absolute Gasteiger partial charge is 0.250 e. The molecule has 32 heavy (non-hydrogen) atoms. The van der Waals surface area contributed by atoms with Crippen LogP contribution in [0.5, 0.6) is 11.5 Å². The van der Waals surface area contributed by atoms with E-state index < -0.39 is 0 Å². The maximum absolute atomic E-state index is 13.1. The fourth-order valence-electron chi connectivity index (χ4n) is 2.48. The highest BCUT2D eigenvalue weighted by atomic mass is 79.9. The fraction of sp³-hybridized carbons (Fsp3) is 0.238.